The van der Waals surface area contributed by atoms with Crippen LogP contribution in [0.3, 0.4) is 0 Å². The molecule has 0 aliphatic heterocycles. The molecular formula is C15H13FN2. The van der Waals surface area contributed by atoms with Crippen molar-refractivity contribution < 1.29 is 4.39 Å². The van der Waals surface area contributed by atoms with Crippen molar-refractivity contribution in [2.75, 3.05) is 0 Å². The number of nitrogens with one attached hydrogen (secondary N) is 1. The Balaban J connectivity index is 2.13. The van der Waals surface area contributed by atoms with E-state index in [0.717, 1.165) is 23.0 Å². The highest BCUT2D eigenvalue weighted by Gasteiger charge is 2.06. The van der Waals surface area contributed by atoms with E-state index in [1.165, 1.54) is 17.7 Å². The molecule has 1 aromatic heterocycles. The van der Waals surface area contributed by atoms with Gasteiger partial charge in [0.05, 0.1) is 11.0 Å². The minimum absolute atomic E-state index is 0.248. The van der Waals surface area contributed by atoms with E-state index in [1.54, 1.807) is 6.07 Å². The molecule has 0 atom stereocenters. The SMILES string of the molecule is CCc1ccc2nc(-c3cccc(F)c3)[nH]c2c1. The van der Waals surface area contributed by atoms with Gasteiger partial charge in [-0.05, 0) is 36.2 Å². The maximum atomic E-state index is 13.2. The molecule has 90 valence electrons. The van der Waals surface area contributed by atoms with Gasteiger partial charge in [0.1, 0.15) is 11.6 Å². The van der Waals surface area contributed by atoms with Gasteiger partial charge in [-0.2, -0.15) is 0 Å². The number of hydrogen-bond acceptors (Lipinski definition) is 1. The minimum atomic E-state index is -0.248. The van der Waals surface area contributed by atoms with Crippen LogP contribution in [0.25, 0.3) is 22.4 Å². The van der Waals surface area contributed by atoms with Crippen molar-refractivity contribution in [1.82, 2.24) is 9.97 Å². The molecule has 0 fully saturated rings. The van der Waals surface area contributed by atoms with Crippen LogP contribution in [-0.2, 0) is 6.42 Å². The molecule has 0 saturated heterocycles. The topological polar surface area (TPSA) is 28.7 Å². The number of benzene rings is 2. The number of aromatic amines is 1. The summed E-state index contributed by atoms with van der Waals surface area (Å²) in [7, 11) is 0. The first-order valence-electron chi connectivity index (χ1n) is 6.01. The highest BCUT2D eigenvalue weighted by Crippen LogP contribution is 2.21. The molecule has 0 spiro atoms. The molecule has 18 heavy (non-hydrogen) atoms. The summed E-state index contributed by atoms with van der Waals surface area (Å²) in [6.07, 6.45) is 0.990. The molecule has 3 rings (SSSR count). The highest BCUT2D eigenvalue weighted by atomic mass is 19.1. The van der Waals surface area contributed by atoms with Gasteiger partial charge in [-0.25, -0.2) is 9.37 Å². The fourth-order valence-electron chi connectivity index (χ4n) is 2.05. The second-order valence-corrected chi connectivity index (χ2v) is 4.30. The predicted octanol–water partition coefficient (Wildman–Crippen LogP) is 3.93. The maximum Gasteiger partial charge on any atom is 0.138 e. The van der Waals surface area contributed by atoms with Crippen molar-refractivity contribution in [3.8, 4) is 11.4 Å². The fourth-order valence-corrected chi connectivity index (χ4v) is 2.05. The third-order valence-electron chi connectivity index (χ3n) is 3.05. The van der Waals surface area contributed by atoms with E-state index in [-0.39, 0.29) is 5.82 Å². The normalized spacial score (nSPS) is 11.0. The van der Waals surface area contributed by atoms with Crippen LogP contribution in [0, 0.1) is 5.82 Å². The number of nitrogens with zero attached hydrogens (tertiary/aromatic N) is 1. The van der Waals surface area contributed by atoms with Gasteiger partial charge in [-0.3, -0.25) is 0 Å². The summed E-state index contributed by atoms with van der Waals surface area (Å²) >= 11 is 0. The lowest BCUT2D eigenvalue weighted by Gasteiger charge is -1.95. The maximum absolute atomic E-state index is 13.2. The largest absolute Gasteiger partial charge is 0.338 e. The molecule has 0 saturated carbocycles. The summed E-state index contributed by atoms with van der Waals surface area (Å²) in [5.74, 6) is 0.458. The first kappa shape index (κ1) is 11.0. The average Bonchev–Trinajstić information content (AvgIpc) is 2.81. The molecule has 2 aromatic carbocycles. The van der Waals surface area contributed by atoms with Crippen LogP contribution in [0.2, 0.25) is 0 Å². The molecular weight excluding hydrogens is 227 g/mol. The van der Waals surface area contributed by atoms with Crippen molar-refractivity contribution in [3.05, 3.63) is 53.8 Å². The van der Waals surface area contributed by atoms with Crippen molar-refractivity contribution in [2.45, 2.75) is 13.3 Å². The van der Waals surface area contributed by atoms with Gasteiger partial charge in [0.2, 0.25) is 0 Å². The van der Waals surface area contributed by atoms with Gasteiger partial charge in [0, 0.05) is 5.56 Å². The smallest absolute Gasteiger partial charge is 0.138 e. The molecule has 0 radical (unpaired) electrons. The number of halogens is 1. The van der Waals surface area contributed by atoms with Crippen molar-refractivity contribution >= 4 is 11.0 Å². The number of rotatable bonds is 2. The van der Waals surface area contributed by atoms with E-state index in [0.29, 0.717) is 5.82 Å². The van der Waals surface area contributed by atoms with E-state index >= 15 is 0 Å². The van der Waals surface area contributed by atoms with E-state index in [4.69, 9.17) is 0 Å². The Kier molecular flexibility index (Phi) is 2.59. The molecule has 0 aliphatic carbocycles. The zero-order chi connectivity index (χ0) is 12.5. The van der Waals surface area contributed by atoms with Crippen molar-refractivity contribution in [3.63, 3.8) is 0 Å². The van der Waals surface area contributed by atoms with Crippen LogP contribution in [0.1, 0.15) is 12.5 Å². The Morgan fingerprint density at radius 1 is 1.17 bits per heavy atom. The molecule has 1 heterocycles. The lowest BCUT2D eigenvalue weighted by molar-refractivity contribution is 0.628. The summed E-state index contributed by atoms with van der Waals surface area (Å²) in [4.78, 5) is 7.71. The second-order valence-electron chi connectivity index (χ2n) is 4.30. The van der Waals surface area contributed by atoms with Gasteiger partial charge in [0.25, 0.3) is 0 Å². The van der Waals surface area contributed by atoms with Crippen LogP contribution in [0.4, 0.5) is 4.39 Å². The number of aryl methyl sites for hydroxylation is 1. The van der Waals surface area contributed by atoms with Gasteiger partial charge < -0.3 is 4.98 Å². The number of H-pyrrole nitrogens is 1. The molecule has 3 heteroatoms. The van der Waals surface area contributed by atoms with E-state index in [2.05, 4.69) is 29.0 Å². The lowest BCUT2D eigenvalue weighted by atomic mass is 10.1. The molecule has 0 aliphatic rings. The van der Waals surface area contributed by atoms with Crippen LogP contribution in [0.5, 0.6) is 0 Å². The standard InChI is InChI=1S/C15H13FN2/c1-2-10-6-7-13-14(8-10)18-15(17-13)11-4-3-5-12(16)9-11/h3-9H,2H2,1H3,(H,17,18). The fraction of sp³-hybridized carbons (Fsp3) is 0.133. The van der Waals surface area contributed by atoms with Crippen molar-refractivity contribution in [1.29, 1.82) is 0 Å². The molecule has 0 amide bonds. The van der Waals surface area contributed by atoms with Crippen LogP contribution in [-0.4, -0.2) is 9.97 Å². The van der Waals surface area contributed by atoms with E-state index in [9.17, 15) is 4.39 Å². The number of fused-ring (bicyclic) bond motifs is 1. The third kappa shape index (κ3) is 1.88. The second kappa shape index (κ2) is 4.26. The van der Waals surface area contributed by atoms with E-state index < -0.39 is 0 Å². The average molecular weight is 240 g/mol. The van der Waals surface area contributed by atoms with Crippen molar-refractivity contribution in [2.24, 2.45) is 0 Å². The number of aromatic nitrogens is 2. The zero-order valence-corrected chi connectivity index (χ0v) is 10.1. The third-order valence-corrected chi connectivity index (χ3v) is 3.05. The van der Waals surface area contributed by atoms with Crippen LogP contribution < -0.4 is 0 Å². The Bertz CT molecular complexity index is 701. The molecule has 1 N–H and O–H groups in total. The van der Waals surface area contributed by atoms with Gasteiger partial charge in [-0.15, -0.1) is 0 Å². The monoisotopic (exact) mass is 240 g/mol. The quantitative estimate of drug-likeness (QED) is 0.722. The Labute approximate surface area is 104 Å². The first-order valence-corrected chi connectivity index (χ1v) is 6.01. The molecule has 0 unspecified atom stereocenters. The number of hydrogen-bond donors (Lipinski definition) is 1. The summed E-state index contributed by atoms with van der Waals surface area (Å²) in [6, 6.07) is 12.6. The minimum Gasteiger partial charge on any atom is -0.338 e. The summed E-state index contributed by atoms with van der Waals surface area (Å²) < 4.78 is 13.2. The number of imidazole rings is 1. The van der Waals surface area contributed by atoms with Crippen LogP contribution >= 0.6 is 0 Å². The summed E-state index contributed by atoms with van der Waals surface area (Å²) in [5, 5.41) is 0. The highest BCUT2D eigenvalue weighted by molar-refractivity contribution is 5.80. The Morgan fingerprint density at radius 2 is 2.06 bits per heavy atom. The van der Waals surface area contributed by atoms with Gasteiger partial charge in [-0.1, -0.05) is 25.1 Å². The molecule has 0 bridgehead atoms. The first-order chi connectivity index (χ1) is 8.76. The lowest BCUT2D eigenvalue weighted by Crippen LogP contribution is -1.81. The summed E-state index contributed by atoms with van der Waals surface area (Å²) in [5.41, 5.74) is 3.93. The van der Waals surface area contributed by atoms with E-state index in [1.807, 2.05) is 12.1 Å². The molecule has 3 aromatic rings. The Morgan fingerprint density at radius 3 is 2.83 bits per heavy atom. The Hall–Kier alpha value is -2.16. The van der Waals surface area contributed by atoms with Gasteiger partial charge in [0.15, 0.2) is 0 Å². The van der Waals surface area contributed by atoms with Gasteiger partial charge >= 0.3 is 0 Å². The van der Waals surface area contributed by atoms with Crippen LogP contribution in [0.15, 0.2) is 42.5 Å². The zero-order valence-electron chi connectivity index (χ0n) is 10.1. The molecule has 2 nitrogen and oxygen atoms in total. The predicted molar refractivity (Wildman–Crippen MR) is 70.9 cm³/mol. The summed E-state index contributed by atoms with van der Waals surface area (Å²) in [6.45, 7) is 2.12.